The van der Waals surface area contributed by atoms with Crippen molar-refractivity contribution in [1.82, 2.24) is 15.5 Å². The number of nitrogens with one attached hydrogen (secondary N) is 2. The predicted molar refractivity (Wildman–Crippen MR) is 102 cm³/mol. The van der Waals surface area contributed by atoms with Gasteiger partial charge < -0.3 is 15.5 Å². The van der Waals surface area contributed by atoms with Crippen LogP contribution in [0.1, 0.15) is 25.3 Å². The molecule has 0 bridgehead atoms. The first-order valence-corrected chi connectivity index (χ1v) is 9.41. The average Bonchev–Trinajstić information content (AvgIpc) is 2.98. The number of nitrogens with zero attached hydrogens (tertiary/aromatic N) is 2. The van der Waals surface area contributed by atoms with Crippen LogP contribution < -0.4 is 10.6 Å². The maximum Gasteiger partial charge on any atom is 0.191 e. The highest BCUT2D eigenvalue weighted by atomic mass is 32.2. The van der Waals surface area contributed by atoms with E-state index in [-0.39, 0.29) is 0 Å². The van der Waals surface area contributed by atoms with Crippen LogP contribution in [0.4, 0.5) is 0 Å². The standard InChI is InChI=1S/C18H30N4S/c1-18(10-7-13-23-18)15-21-17(19-2)20-11-12-22(3)14-16-8-5-4-6-9-16/h4-6,8-9H,7,10-15H2,1-3H3,(H2,19,20,21). The van der Waals surface area contributed by atoms with Gasteiger partial charge in [0.2, 0.25) is 0 Å². The molecule has 1 atom stereocenters. The first-order chi connectivity index (χ1) is 11.1. The van der Waals surface area contributed by atoms with E-state index >= 15 is 0 Å². The van der Waals surface area contributed by atoms with Crippen LogP contribution in [0.2, 0.25) is 0 Å². The fraction of sp³-hybridized carbons (Fsp3) is 0.611. The second-order valence-electron chi connectivity index (χ2n) is 6.48. The zero-order valence-electron chi connectivity index (χ0n) is 14.6. The Labute approximate surface area is 145 Å². The zero-order chi connectivity index (χ0) is 16.5. The molecule has 1 aliphatic heterocycles. The van der Waals surface area contributed by atoms with Crippen LogP contribution in [0.3, 0.4) is 0 Å². The summed E-state index contributed by atoms with van der Waals surface area (Å²) < 4.78 is 0.363. The van der Waals surface area contributed by atoms with Gasteiger partial charge >= 0.3 is 0 Å². The van der Waals surface area contributed by atoms with Crippen LogP contribution >= 0.6 is 11.8 Å². The highest BCUT2D eigenvalue weighted by Crippen LogP contribution is 2.36. The molecule has 0 aliphatic carbocycles. The van der Waals surface area contributed by atoms with Gasteiger partial charge in [-0.05, 0) is 38.1 Å². The lowest BCUT2D eigenvalue weighted by Crippen LogP contribution is -2.45. The van der Waals surface area contributed by atoms with Crippen LogP contribution in [0, 0.1) is 0 Å². The van der Waals surface area contributed by atoms with Crippen molar-refractivity contribution < 1.29 is 0 Å². The molecule has 0 aromatic heterocycles. The number of aliphatic imine (C=N–C) groups is 1. The Bertz CT molecular complexity index is 483. The molecule has 1 heterocycles. The molecule has 1 aromatic rings. The summed E-state index contributed by atoms with van der Waals surface area (Å²) in [4.78, 5) is 6.65. The molecule has 4 nitrogen and oxygen atoms in total. The van der Waals surface area contributed by atoms with E-state index in [1.165, 1.54) is 24.2 Å². The molecular formula is C18H30N4S. The summed E-state index contributed by atoms with van der Waals surface area (Å²) in [6.45, 7) is 6.19. The molecule has 1 saturated heterocycles. The number of hydrogen-bond donors (Lipinski definition) is 2. The number of guanidine groups is 1. The fourth-order valence-electron chi connectivity index (χ4n) is 2.81. The normalized spacial score (nSPS) is 21.7. The third-order valence-corrected chi connectivity index (χ3v) is 5.77. The Morgan fingerprint density at radius 3 is 2.74 bits per heavy atom. The largest absolute Gasteiger partial charge is 0.355 e. The quantitative estimate of drug-likeness (QED) is 0.594. The zero-order valence-corrected chi connectivity index (χ0v) is 15.5. The van der Waals surface area contributed by atoms with E-state index in [9.17, 15) is 0 Å². The molecule has 0 spiro atoms. The smallest absolute Gasteiger partial charge is 0.191 e. The Hall–Kier alpha value is -1.20. The summed E-state index contributed by atoms with van der Waals surface area (Å²) in [6.07, 6.45) is 2.63. The lowest BCUT2D eigenvalue weighted by molar-refractivity contribution is 0.331. The van der Waals surface area contributed by atoms with Crippen molar-refractivity contribution in [2.24, 2.45) is 4.99 Å². The van der Waals surface area contributed by atoms with Crippen molar-refractivity contribution in [2.45, 2.75) is 31.1 Å². The minimum atomic E-state index is 0.363. The van der Waals surface area contributed by atoms with Gasteiger partial charge in [-0.15, -0.1) is 0 Å². The maximum atomic E-state index is 4.33. The molecular weight excluding hydrogens is 304 g/mol. The molecule has 23 heavy (non-hydrogen) atoms. The highest BCUT2D eigenvalue weighted by molar-refractivity contribution is 8.00. The van der Waals surface area contributed by atoms with E-state index in [0.717, 1.165) is 32.1 Å². The first kappa shape index (κ1) is 18.1. The van der Waals surface area contributed by atoms with Crippen molar-refractivity contribution >= 4 is 17.7 Å². The SMILES string of the molecule is CN=C(NCCN(C)Cc1ccccc1)NCC1(C)CCCS1. The van der Waals surface area contributed by atoms with Gasteiger partial charge in [-0.3, -0.25) is 4.99 Å². The van der Waals surface area contributed by atoms with Gasteiger partial charge in [0.1, 0.15) is 0 Å². The first-order valence-electron chi connectivity index (χ1n) is 8.42. The molecule has 0 amide bonds. The average molecular weight is 335 g/mol. The highest BCUT2D eigenvalue weighted by Gasteiger charge is 2.29. The number of rotatable bonds is 7. The van der Waals surface area contributed by atoms with Crippen molar-refractivity contribution in [3.05, 3.63) is 35.9 Å². The van der Waals surface area contributed by atoms with E-state index in [1.807, 2.05) is 7.05 Å². The van der Waals surface area contributed by atoms with E-state index in [1.54, 1.807) is 0 Å². The third-order valence-electron chi connectivity index (χ3n) is 4.24. The van der Waals surface area contributed by atoms with E-state index in [4.69, 9.17) is 0 Å². The Kier molecular flexibility index (Phi) is 7.24. The van der Waals surface area contributed by atoms with Crippen LogP contribution in [-0.4, -0.2) is 55.1 Å². The molecule has 2 rings (SSSR count). The number of hydrogen-bond acceptors (Lipinski definition) is 3. The molecule has 1 fully saturated rings. The van der Waals surface area contributed by atoms with Crippen LogP contribution in [0.15, 0.2) is 35.3 Å². The van der Waals surface area contributed by atoms with Crippen LogP contribution in [0.25, 0.3) is 0 Å². The Morgan fingerprint density at radius 1 is 1.30 bits per heavy atom. The molecule has 1 aromatic carbocycles. The molecule has 2 N–H and O–H groups in total. The summed E-state index contributed by atoms with van der Waals surface area (Å²) >= 11 is 2.07. The van der Waals surface area contributed by atoms with Crippen LogP contribution in [-0.2, 0) is 6.54 Å². The van der Waals surface area contributed by atoms with Crippen molar-refractivity contribution in [3.8, 4) is 0 Å². The van der Waals surface area contributed by atoms with E-state index in [0.29, 0.717) is 4.75 Å². The van der Waals surface area contributed by atoms with Gasteiger partial charge in [0.25, 0.3) is 0 Å². The molecule has 128 valence electrons. The second-order valence-corrected chi connectivity index (χ2v) is 8.16. The Morgan fingerprint density at radius 2 is 2.09 bits per heavy atom. The number of benzene rings is 1. The summed E-state index contributed by atoms with van der Waals surface area (Å²) in [5.74, 6) is 2.20. The predicted octanol–water partition coefficient (Wildman–Crippen LogP) is 2.57. The van der Waals surface area contributed by atoms with Gasteiger partial charge in [-0.25, -0.2) is 0 Å². The summed E-state index contributed by atoms with van der Waals surface area (Å²) in [7, 11) is 3.99. The fourth-order valence-corrected chi connectivity index (χ4v) is 4.05. The second kappa shape index (κ2) is 9.18. The molecule has 0 radical (unpaired) electrons. The lowest BCUT2D eigenvalue weighted by Gasteiger charge is -2.24. The number of thioether (sulfide) groups is 1. The lowest BCUT2D eigenvalue weighted by atomic mass is 10.1. The van der Waals surface area contributed by atoms with Crippen molar-refractivity contribution in [1.29, 1.82) is 0 Å². The maximum absolute atomic E-state index is 4.33. The Balaban J connectivity index is 1.65. The summed E-state index contributed by atoms with van der Waals surface area (Å²) in [5, 5.41) is 6.89. The number of likely N-dealkylation sites (N-methyl/N-ethyl adjacent to an activating group) is 1. The summed E-state index contributed by atoms with van der Waals surface area (Å²) in [6, 6.07) is 10.6. The third kappa shape index (κ3) is 6.43. The van der Waals surface area contributed by atoms with Gasteiger partial charge in [0.05, 0.1) is 0 Å². The van der Waals surface area contributed by atoms with Gasteiger partial charge in [0.15, 0.2) is 5.96 Å². The van der Waals surface area contributed by atoms with Crippen molar-refractivity contribution in [3.63, 3.8) is 0 Å². The minimum Gasteiger partial charge on any atom is -0.355 e. The van der Waals surface area contributed by atoms with E-state index < -0.39 is 0 Å². The van der Waals surface area contributed by atoms with Gasteiger partial charge in [-0.1, -0.05) is 30.3 Å². The monoisotopic (exact) mass is 334 g/mol. The topological polar surface area (TPSA) is 39.7 Å². The molecule has 5 heteroatoms. The molecule has 0 saturated carbocycles. The molecule has 1 aliphatic rings. The van der Waals surface area contributed by atoms with Gasteiger partial charge in [0, 0.05) is 38.0 Å². The van der Waals surface area contributed by atoms with Crippen LogP contribution in [0.5, 0.6) is 0 Å². The summed E-state index contributed by atoms with van der Waals surface area (Å²) in [5.41, 5.74) is 1.35. The van der Waals surface area contributed by atoms with Gasteiger partial charge in [-0.2, -0.15) is 11.8 Å². The minimum absolute atomic E-state index is 0.363. The molecule has 1 unspecified atom stereocenters. The van der Waals surface area contributed by atoms with E-state index in [2.05, 4.69) is 76.6 Å². The van der Waals surface area contributed by atoms with Crippen molar-refractivity contribution in [2.75, 3.05) is 39.5 Å².